The summed E-state index contributed by atoms with van der Waals surface area (Å²) >= 11 is 0. The van der Waals surface area contributed by atoms with Crippen LogP contribution < -0.4 is 0 Å². The highest BCUT2D eigenvalue weighted by atomic mass is 19.1. The quantitative estimate of drug-likeness (QED) is 0.805. The monoisotopic (exact) mass is 293 g/mol. The molecule has 114 valence electrons. The van der Waals surface area contributed by atoms with E-state index in [1.54, 1.807) is 30.9 Å². The number of ether oxygens (including phenoxy) is 1. The summed E-state index contributed by atoms with van der Waals surface area (Å²) in [5.74, 6) is -1.16. The molecule has 1 aliphatic rings. The summed E-state index contributed by atoms with van der Waals surface area (Å²) in [7, 11) is 0. The molecule has 0 aromatic heterocycles. The Hall–Kier alpha value is -1.91. The van der Waals surface area contributed by atoms with Gasteiger partial charge in [0.1, 0.15) is 5.82 Å². The van der Waals surface area contributed by atoms with Crippen molar-refractivity contribution in [3.63, 3.8) is 0 Å². The molecule has 1 fully saturated rings. The smallest absolute Gasteiger partial charge is 0.310 e. The summed E-state index contributed by atoms with van der Waals surface area (Å²) in [6, 6.07) is 4.47. The van der Waals surface area contributed by atoms with E-state index in [-0.39, 0.29) is 23.6 Å². The minimum atomic E-state index is -0.389. The Morgan fingerprint density at radius 1 is 1.43 bits per heavy atom. The second-order valence-electron chi connectivity index (χ2n) is 5.31. The van der Waals surface area contributed by atoms with Crippen molar-refractivity contribution in [2.45, 2.75) is 26.7 Å². The van der Waals surface area contributed by atoms with Crippen LogP contribution in [0, 0.1) is 18.7 Å². The highest BCUT2D eigenvalue weighted by Crippen LogP contribution is 2.20. The van der Waals surface area contributed by atoms with Crippen LogP contribution >= 0.6 is 0 Å². The first-order valence-corrected chi connectivity index (χ1v) is 7.25. The van der Waals surface area contributed by atoms with Crippen LogP contribution in [0.25, 0.3) is 0 Å². The minimum Gasteiger partial charge on any atom is -0.466 e. The summed E-state index contributed by atoms with van der Waals surface area (Å²) in [5, 5.41) is 0. The fraction of sp³-hybridized carbons (Fsp3) is 0.500. The van der Waals surface area contributed by atoms with Crippen molar-refractivity contribution < 1.29 is 18.7 Å². The first-order valence-electron chi connectivity index (χ1n) is 7.25. The van der Waals surface area contributed by atoms with Crippen LogP contribution in [0.3, 0.4) is 0 Å². The first kappa shape index (κ1) is 15.5. The van der Waals surface area contributed by atoms with Gasteiger partial charge in [0, 0.05) is 18.7 Å². The molecule has 1 aliphatic heterocycles. The maximum atomic E-state index is 13.6. The Morgan fingerprint density at radius 2 is 2.19 bits per heavy atom. The molecule has 5 heteroatoms. The number of carbonyl (C=O) groups excluding carboxylic acids is 2. The molecular formula is C16H20FNO3. The third-order valence-electron chi connectivity index (χ3n) is 3.75. The molecule has 1 amide bonds. The van der Waals surface area contributed by atoms with Crippen molar-refractivity contribution in [3.05, 3.63) is 35.1 Å². The zero-order valence-electron chi connectivity index (χ0n) is 12.4. The number of rotatable bonds is 3. The van der Waals surface area contributed by atoms with Crippen molar-refractivity contribution in [2.75, 3.05) is 19.7 Å². The number of carbonyl (C=O) groups is 2. The average molecular weight is 293 g/mol. The van der Waals surface area contributed by atoms with Gasteiger partial charge in [0.2, 0.25) is 0 Å². The highest BCUT2D eigenvalue weighted by molar-refractivity contribution is 5.94. The molecule has 0 saturated carbocycles. The minimum absolute atomic E-state index is 0.233. The van der Waals surface area contributed by atoms with E-state index in [0.29, 0.717) is 30.8 Å². The zero-order valence-corrected chi connectivity index (χ0v) is 12.4. The number of halogens is 1. The number of amides is 1. The second-order valence-corrected chi connectivity index (χ2v) is 5.31. The Kier molecular flexibility index (Phi) is 4.94. The normalized spacial score (nSPS) is 18.4. The van der Waals surface area contributed by atoms with Crippen LogP contribution in [-0.2, 0) is 9.53 Å². The molecule has 21 heavy (non-hydrogen) atoms. The lowest BCUT2D eigenvalue weighted by Crippen LogP contribution is -2.42. The Balaban J connectivity index is 2.08. The van der Waals surface area contributed by atoms with Gasteiger partial charge < -0.3 is 9.64 Å². The number of benzene rings is 1. The van der Waals surface area contributed by atoms with Gasteiger partial charge in [-0.25, -0.2) is 4.39 Å². The fourth-order valence-electron chi connectivity index (χ4n) is 2.52. The largest absolute Gasteiger partial charge is 0.466 e. The molecule has 0 radical (unpaired) electrons. The predicted molar refractivity (Wildman–Crippen MR) is 76.4 cm³/mol. The lowest BCUT2D eigenvalue weighted by Gasteiger charge is -2.31. The van der Waals surface area contributed by atoms with Crippen molar-refractivity contribution >= 4 is 11.9 Å². The number of esters is 1. The van der Waals surface area contributed by atoms with E-state index >= 15 is 0 Å². The van der Waals surface area contributed by atoms with Crippen molar-refractivity contribution in [3.8, 4) is 0 Å². The number of aryl methyl sites for hydroxylation is 1. The van der Waals surface area contributed by atoms with E-state index in [9.17, 15) is 14.0 Å². The van der Waals surface area contributed by atoms with Crippen molar-refractivity contribution in [1.29, 1.82) is 0 Å². The molecule has 0 bridgehead atoms. The van der Waals surface area contributed by atoms with Crippen molar-refractivity contribution in [2.24, 2.45) is 5.92 Å². The molecule has 0 spiro atoms. The molecule has 1 aromatic rings. The van der Waals surface area contributed by atoms with Gasteiger partial charge in [-0.15, -0.1) is 0 Å². The van der Waals surface area contributed by atoms with Crippen LogP contribution in [0.5, 0.6) is 0 Å². The van der Waals surface area contributed by atoms with Crippen molar-refractivity contribution in [1.82, 2.24) is 4.90 Å². The van der Waals surface area contributed by atoms with Crippen LogP contribution in [-0.4, -0.2) is 36.5 Å². The van der Waals surface area contributed by atoms with Gasteiger partial charge in [-0.2, -0.15) is 0 Å². The maximum absolute atomic E-state index is 13.6. The van der Waals surface area contributed by atoms with E-state index in [4.69, 9.17) is 4.74 Å². The lowest BCUT2D eigenvalue weighted by molar-refractivity contribution is -0.149. The number of hydrogen-bond acceptors (Lipinski definition) is 3. The summed E-state index contributed by atoms with van der Waals surface area (Å²) in [5.41, 5.74) is 0.831. The lowest BCUT2D eigenvalue weighted by atomic mass is 9.97. The predicted octanol–water partition coefficient (Wildman–Crippen LogP) is 2.55. The Labute approximate surface area is 123 Å². The molecule has 4 nitrogen and oxygen atoms in total. The third-order valence-corrected chi connectivity index (χ3v) is 3.75. The summed E-state index contributed by atoms with van der Waals surface area (Å²) in [6.07, 6.45) is 1.48. The van der Waals surface area contributed by atoms with Gasteiger partial charge in [-0.1, -0.05) is 6.07 Å². The molecule has 1 saturated heterocycles. The van der Waals surface area contributed by atoms with Crippen LogP contribution in [0.4, 0.5) is 4.39 Å². The molecule has 1 atom stereocenters. The average Bonchev–Trinajstić information content (AvgIpc) is 2.49. The zero-order chi connectivity index (χ0) is 15.4. The summed E-state index contributed by atoms with van der Waals surface area (Å²) in [4.78, 5) is 25.8. The number of likely N-dealkylation sites (tertiary alicyclic amines) is 1. The number of hydrogen-bond donors (Lipinski definition) is 0. The second kappa shape index (κ2) is 6.70. The van der Waals surface area contributed by atoms with Gasteiger partial charge >= 0.3 is 5.97 Å². The van der Waals surface area contributed by atoms with Crippen LogP contribution in [0.1, 0.15) is 35.7 Å². The molecular weight excluding hydrogens is 273 g/mol. The third kappa shape index (κ3) is 3.60. The van der Waals surface area contributed by atoms with Gasteiger partial charge in [-0.05, 0) is 44.4 Å². The first-order chi connectivity index (χ1) is 10.0. The SMILES string of the molecule is CCOC(=O)[C@@H]1CCCN(C(=O)c2ccc(C)c(F)c2)C1. The van der Waals surface area contributed by atoms with Gasteiger partial charge in [0.05, 0.1) is 12.5 Å². The highest BCUT2D eigenvalue weighted by Gasteiger charge is 2.29. The van der Waals surface area contributed by atoms with E-state index in [1.165, 1.54) is 6.07 Å². The standard InChI is InChI=1S/C16H20FNO3/c1-3-21-16(20)13-5-4-8-18(10-13)15(19)12-7-6-11(2)14(17)9-12/h6-7,9,13H,3-5,8,10H2,1-2H3/t13-/m1/s1. The van der Waals surface area contributed by atoms with E-state index in [1.807, 2.05) is 0 Å². The van der Waals surface area contributed by atoms with Gasteiger partial charge in [0.25, 0.3) is 5.91 Å². The van der Waals surface area contributed by atoms with E-state index in [0.717, 1.165) is 12.8 Å². The molecule has 0 unspecified atom stereocenters. The summed E-state index contributed by atoms with van der Waals surface area (Å²) < 4.78 is 18.6. The van der Waals surface area contributed by atoms with E-state index < -0.39 is 0 Å². The van der Waals surface area contributed by atoms with E-state index in [2.05, 4.69) is 0 Å². The topological polar surface area (TPSA) is 46.6 Å². The number of piperidine rings is 1. The Bertz CT molecular complexity index is 544. The number of nitrogens with zero attached hydrogens (tertiary/aromatic N) is 1. The van der Waals surface area contributed by atoms with Crippen LogP contribution in [0.15, 0.2) is 18.2 Å². The molecule has 0 aliphatic carbocycles. The molecule has 2 rings (SSSR count). The maximum Gasteiger partial charge on any atom is 0.310 e. The molecule has 1 heterocycles. The van der Waals surface area contributed by atoms with Gasteiger partial charge in [-0.3, -0.25) is 9.59 Å². The Morgan fingerprint density at radius 3 is 2.86 bits per heavy atom. The molecule has 1 aromatic carbocycles. The molecule has 0 N–H and O–H groups in total. The van der Waals surface area contributed by atoms with Crippen LogP contribution in [0.2, 0.25) is 0 Å². The summed E-state index contributed by atoms with van der Waals surface area (Å²) in [6.45, 7) is 4.68. The fourth-order valence-corrected chi connectivity index (χ4v) is 2.52. The van der Waals surface area contributed by atoms with Gasteiger partial charge in [0.15, 0.2) is 0 Å².